The van der Waals surface area contributed by atoms with Crippen LogP contribution < -0.4 is 5.56 Å². The zero-order chi connectivity index (χ0) is 9.35. The Labute approximate surface area is 77.8 Å². The van der Waals surface area contributed by atoms with Crippen LogP contribution >= 0.6 is 12.8 Å². The third-order valence-electron chi connectivity index (χ3n) is 1.77. The molecule has 66 valence electrons. The highest BCUT2D eigenvalue weighted by Crippen LogP contribution is 2.19. The summed E-state index contributed by atoms with van der Waals surface area (Å²) in [5.41, 5.74) is 0.991. The first-order valence-corrected chi connectivity index (χ1v) is 4.24. The smallest absolute Gasteiger partial charge is 0.260 e. The minimum absolute atomic E-state index is 0.0290. The van der Waals surface area contributed by atoms with E-state index in [1.807, 2.05) is 6.07 Å². The summed E-state index contributed by atoms with van der Waals surface area (Å²) in [5, 5.41) is 0. The van der Waals surface area contributed by atoms with Gasteiger partial charge in [-0.3, -0.25) is 8.77 Å². The van der Waals surface area contributed by atoms with Crippen LogP contribution in [0.4, 0.5) is 0 Å². The highest BCUT2D eigenvalue weighted by Gasteiger charge is 2.13. The van der Waals surface area contributed by atoms with E-state index in [4.69, 9.17) is 0 Å². The molecule has 0 saturated heterocycles. The predicted molar refractivity (Wildman–Crippen MR) is 53.8 cm³/mol. The van der Waals surface area contributed by atoms with Gasteiger partial charge >= 0.3 is 0 Å². The van der Waals surface area contributed by atoms with Crippen molar-refractivity contribution in [1.82, 2.24) is 3.97 Å². The lowest BCUT2D eigenvalue weighted by molar-refractivity contribution is 0.588. The summed E-state index contributed by atoms with van der Waals surface area (Å²) in [6.45, 7) is 6.22. The third kappa shape index (κ3) is 1.91. The van der Waals surface area contributed by atoms with Crippen molar-refractivity contribution in [3.63, 3.8) is 0 Å². The molecule has 1 rings (SSSR count). The van der Waals surface area contributed by atoms with Crippen LogP contribution in [0.15, 0.2) is 23.1 Å². The van der Waals surface area contributed by atoms with E-state index in [-0.39, 0.29) is 11.0 Å². The van der Waals surface area contributed by atoms with Gasteiger partial charge in [0.2, 0.25) is 0 Å². The van der Waals surface area contributed by atoms with E-state index < -0.39 is 0 Å². The first-order chi connectivity index (χ1) is 5.41. The lowest BCUT2D eigenvalue weighted by atomic mass is 9.88. The molecule has 1 heterocycles. The maximum Gasteiger partial charge on any atom is 0.260 e. The van der Waals surface area contributed by atoms with Crippen LogP contribution in [-0.4, -0.2) is 3.97 Å². The van der Waals surface area contributed by atoms with Gasteiger partial charge in [-0.05, 0) is 17.0 Å². The number of thiol groups is 1. The molecule has 0 aliphatic rings. The van der Waals surface area contributed by atoms with Gasteiger partial charge in [0.25, 0.3) is 5.56 Å². The van der Waals surface area contributed by atoms with Crippen LogP contribution in [0.1, 0.15) is 26.3 Å². The van der Waals surface area contributed by atoms with Crippen LogP contribution in [0.5, 0.6) is 0 Å². The number of hydrogen-bond acceptors (Lipinski definition) is 2. The Morgan fingerprint density at radius 2 is 2.00 bits per heavy atom. The van der Waals surface area contributed by atoms with E-state index in [0.29, 0.717) is 0 Å². The lowest BCUT2D eigenvalue weighted by Crippen LogP contribution is -2.18. The molecule has 2 nitrogen and oxygen atoms in total. The van der Waals surface area contributed by atoms with E-state index in [1.54, 1.807) is 12.3 Å². The summed E-state index contributed by atoms with van der Waals surface area (Å²) in [6.07, 6.45) is 1.67. The summed E-state index contributed by atoms with van der Waals surface area (Å²) < 4.78 is 1.27. The van der Waals surface area contributed by atoms with Crippen molar-refractivity contribution in [1.29, 1.82) is 0 Å². The number of hydrogen-bond donors (Lipinski definition) is 1. The third-order valence-corrected chi connectivity index (χ3v) is 2.10. The van der Waals surface area contributed by atoms with Crippen molar-refractivity contribution in [2.45, 2.75) is 26.2 Å². The quantitative estimate of drug-likeness (QED) is 0.609. The van der Waals surface area contributed by atoms with Crippen LogP contribution in [0.3, 0.4) is 0 Å². The topological polar surface area (TPSA) is 22.0 Å². The summed E-state index contributed by atoms with van der Waals surface area (Å²) in [7, 11) is 0. The molecule has 0 aromatic carbocycles. The van der Waals surface area contributed by atoms with Gasteiger partial charge < -0.3 is 0 Å². The molecule has 1 aromatic rings. The van der Waals surface area contributed by atoms with Gasteiger partial charge in [0.15, 0.2) is 0 Å². The van der Waals surface area contributed by atoms with Crippen molar-refractivity contribution in [2.24, 2.45) is 0 Å². The molecule has 12 heavy (non-hydrogen) atoms. The van der Waals surface area contributed by atoms with Crippen molar-refractivity contribution < 1.29 is 0 Å². The number of nitrogens with zero attached hydrogens (tertiary/aromatic N) is 1. The van der Waals surface area contributed by atoms with Gasteiger partial charge in [0, 0.05) is 12.3 Å². The Kier molecular flexibility index (Phi) is 2.33. The minimum Gasteiger partial charge on any atom is -0.268 e. The molecule has 0 amide bonds. The summed E-state index contributed by atoms with van der Waals surface area (Å²) in [6, 6.07) is 3.53. The fourth-order valence-corrected chi connectivity index (χ4v) is 1.06. The van der Waals surface area contributed by atoms with Crippen molar-refractivity contribution >= 4 is 12.8 Å². The molecule has 0 aliphatic heterocycles. The molecule has 0 aliphatic carbocycles. The molecule has 3 heteroatoms. The van der Waals surface area contributed by atoms with E-state index in [0.717, 1.165) is 5.56 Å². The van der Waals surface area contributed by atoms with Crippen molar-refractivity contribution in [3.05, 3.63) is 34.2 Å². The molecule has 0 N–H and O–H groups in total. The molecule has 0 unspecified atom stereocenters. The van der Waals surface area contributed by atoms with Gasteiger partial charge in [-0.1, -0.05) is 33.6 Å². The highest BCUT2D eigenvalue weighted by molar-refractivity contribution is 7.78. The predicted octanol–water partition coefficient (Wildman–Crippen LogP) is 1.84. The second-order valence-electron chi connectivity index (χ2n) is 3.85. The Morgan fingerprint density at radius 1 is 1.42 bits per heavy atom. The Morgan fingerprint density at radius 3 is 2.42 bits per heavy atom. The largest absolute Gasteiger partial charge is 0.268 e. The average molecular weight is 183 g/mol. The first-order valence-electron chi connectivity index (χ1n) is 3.84. The van der Waals surface area contributed by atoms with Crippen LogP contribution in [0.2, 0.25) is 0 Å². The second kappa shape index (κ2) is 2.98. The van der Waals surface area contributed by atoms with E-state index in [1.165, 1.54) is 3.97 Å². The molecular weight excluding hydrogens is 170 g/mol. The second-order valence-corrected chi connectivity index (χ2v) is 4.28. The zero-order valence-corrected chi connectivity index (χ0v) is 8.43. The number of rotatable bonds is 0. The van der Waals surface area contributed by atoms with Gasteiger partial charge in [0.1, 0.15) is 0 Å². The fourth-order valence-electron chi connectivity index (χ4n) is 0.938. The Bertz CT molecular complexity index is 335. The van der Waals surface area contributed by atoms with Crippen LogP contribution in [-0.2, 0) is 5.41 Å². The van der Waals surface area contributed by atoms with Crippen LogP contribution in [0.25, 0.3) is 0 Å². The maximum absolute atomic E-state index is 11.2. The fraction of sp³-hybridized carbons (Fsp3) is 0.444. The molecule has 0 spiro atoms. The Hall–Kier alpha value is -0.700. The lowest BCUT2D eigenvalue weighted by Gasteiger charge is -2.18. The van der Waals surface area contributed by atoms with E-state index in [9.17, 15) is 4.79 Å². The molecule has 0 atom stereocenters. The average Bonchev–Trinajstić information content (AvgIpc) is 1.92. The SMILES string of the molecule is CC(C)(C)c1ccn(S)c(=O)c1. The van der Waals surface area contributed by atoms with Crippen molar-refractivity contribution in [3.8, 4) is 0 Å². The van der Waals surface area contributed by atoms with E-state index in [2.05, 4.69) is 33.6 Å². The molecular formula is C9H13NOS. The minimum atomic E-state index is -0.0780. The molecule has 0 fully saturated rings. The normalized spacial score (nSPS) is 11.7. The number of pyridine rings is 1. The summed E-state index contributed by atoms with van der Waals surface area (Å²) in [5.74, 6) is 0. The summed E-state index contributed by atoms with van der Waals surface area (Å²) in [4.78, 5) is 11.2. The van der Waals surface area contributed by atoms with Gasteiger partial charge in [-0.2, -0.15) is 0 Å². The molecule has 0 bridgehead atoms. The van der Waals surface area contributed by atoms with Crippen molar-refractivity contribution in [2.75, 3.05) is 0 Å². The first kappa shape index (κ1) is 9.39. The van der Waals surface area contributed by atoms with Gasteiger partial charge in [-0.15, -0.1) is 0 Å². The molecule has 0 saturated carbocycles. The highest BCUT2D eigenvalue weighted by atomic mass is 32.1. The monoisotopic (exact) mass is 183 g/mol. The van der Waals surface area contributed by atoms with Crippen LogP contribution in [0, 0.1) is 0 Å². The Balaban J connectivity index is 3.23. The van der Waals surface area contributed by atoms with Gasteiger partial charge in [0.05, 0.1) is 0 Å². The number of aromatic nitrogens is 1. The maximum atomic E-state index is 11.2. The summed E-state index contributed by atoms with van der Waals surface area (Å²) >= 11 is 3.94. The molecule has 0 radical (unpaired) electrons. The zero-order valence-electron chi connectivity index (χ0n) is 7.53. The standard InChI is InChI=1S/C9H13NOS/c1-9(2,3)7-4-5-10(12)8(11)6-7/h4-6,12H,1-3H3. The molecule has 1 aromatic heterocycles. The van der Waals surface area contributed by atoms with E-state index >= 15 is 0 Å². The van der Waals surface area contributed by atoms with Gasteiger partial charge in [-0.25, -0.2) is 0 Å².